The van der Waals surface area contributed by atoms with Gasteiger partial charge in [-0.05, 0) is 0 Å². The summed E-state index contributed by atoms with van der Waals surface area (Å²) < 4.78 is 1.39. The van der Waals surface area contributed by atoms with E-state index in [4.69, 9.17) is 11.6 Å². The molecular formula is C15H17ClSe. The van der Waals surface area contributed by atoms with E-state index in [0.717, 1.165) is 11.4 Å². The van der Waals surface area contributed by atoms with E-state index in [1.165, 1.54) is 33.6 Å². The van der Waals surface area contributed by atoms with Crippen LogP contribution in [0.5, 0.6) is 0 Å². The average molecular weight is 312 g/mol. The van der Waals surface area contributed by atoms with Crippen LogP contribution < -0.4 is 4.46 Å². The Bertz CT molecular complexity index is 520. The van der Waals surface area contributed by atoms with Gasteiger partial charge >= 0.3 is 115 Å². The molecule has 0 saturated heterocycles. The van der Waals surface area contributed by atoms with Crippen LogP contribution in [0.3, 0.4) is 0 Å². The molecule has 0 atom stereocenters. The third kappa shape index (κ3) is 2.68. The van der Waals surface area contributed by atoms with Gasteiger partial charge in [-0.1, -0.05) is 0 Å². The van der Waals surface area contributed by atoms with Gasteiger partial charge in [0.2, 0.25) is 0 Å². The molecule has 2 aromatic carbocycles. The molecule has 2 heteroatoms. The minimum absolute atomic E-state index is 0.462. The van der Waals surface area contributed by atoms with Crippen LogP contribution >= 0.6 is 11.6 Å². The summed E-state index contributed by atoms with van der Waals surface area (Å²) in [5.41, 5.74) is 1.46. The summed E-state index contributed by atoms with van der Waals surface area (Å²) in [7, 11) is 0. The van der Waals surface area contributed by atoms with Crippen LogP contribution in [0.15, 0.2) is 30.3 Å². The van der Waals surface area contributed by atoms with E-state index in [0.29, 0.717) is 15.0 Å². The van der Waals surface area contributed by atoms with Gasteiger partial charge in [-0.3, -0.25) is 0 Å². The summed E-state index contributed by atoms with van der Waals surface area (Å²) in [6.07, 6.45) is 3.64. The predicted molar refractivity (Wildman–Crippen MR) is 78.8 cm³/mol. The molecule has 0 heterocycles. The molecule has 0 radical (unpaired) electrons. The number of unbranched alkanes of at least 4 members (excludes halogenated alkanes) is 1. The number of rotatable bonds is 4. The molecule has 0 aliphatic carbocycles. The van der Waals surface area contributed by atoms with Gasteiger partial charge < -0.3 is 0 Å². The van der Waals surface area contributed by atoms with Gasteiger partial charge in [0.1, 0.15) is 0 Å². The number of halogens is 1. The molecule has 17 heavy (non-hydrogen) atoms. The van der Waals surface area contributed by atoms with Crippen molar-refractivity contribution >= 4 is 41.8 Å². The third-order valence-corrected chi connectivity index (χ3v) is 5.50. The van der Waals surface area contributed by atoms with Crippen molar-refractivity contribution in [1.29, 1.82) is 0 Å². The SMILES string of the molecule is CCCCc1cc2ccccc2c(Cl)c1[Se]C. The quantitative estimate of drug-likeness (QED) is 0.742. The van der Waals surface area contributed by atoms with Crippen molar-refractivity contribution in [2.75, 3.05) is 0 Å². The Morgan fingerprint density at radius 2 is 2.00 bits per heavy atom. The van der Waals surface area contributed by atoms with Gasteiger partial charge in [0, 0.05) is 0 Å². The summed E-state index contributed by atoms with van der Waals surface area (Å²) in [5, 5.41) is 3.46. The van der Waals surface area contributed by atoms with Crippen LogP contribution in [0, 0.1) is 0 Å². The van der Waals surface area contributed by atoms with Gasteiger partial charge in [-0.25, -0.2) is 0 Å². The van der Waals surface area contributed by atoms with Crippen molar-refractivity contribution in [2.45, 2.75) is 32.0 Å². The zero-order valence-corrected chi connectivity index (χ0v) is 12.8. The molecule has 0 saturated carbocycles. The van der Waals surface area contributed by atoms with Crippen molar-refractivity contribution in [1.82, 2.24) is 0 Å². The van der Waals surface area contributed by atoms with E-state index in [1.807, 2.05) is 0 Å². The Morgan fingerprint density at radius 1 is 1.24 bits per heavy atom. The number of benzene rings is 2. The van der Waals surface area contributed by atoms with E-state index < -0.39 is 0 Å². The first-order valence-corrected chi connectivity index (χ1v) is 8.96. The number of hydrogen-bond donors (Lipinski definition) is 0. The Kier molecular flexibility index (Phi) is 4.50. The summed E-state index contributed by atoms with van der Waals surface area (Å²) in [4.78, 5) is 0. The third-order valence-electron chi connectivity index (χ3n) is 3.02. The van der Waals surface area contributed by atoms with Gasteiger partial charge in [0.15, 0.2) is 0 Å². The van der Waals surface area contributed by atoms with Crippen LogP contribution in [0.25, 0.3) is 10.8 Å². The molecule has 0 aromatic heterocycles. The van der Waals surface area contributed by atoms with Crippen molar-refractivity contribution in [2.24, 2.45) is 0 Å². The summed E-state index contributed by atoms with van der Waals surface area (Å²) in [6.45, 7) is 2.24. The van der Waals surface area contributed by atoms with E-state index in [2.05, 4.69) is 43.1 Å². The van der Waals surface area contributed by atoms with Crippen LogP contribution in [0.1, 0.15) is 25.3 Å². The monoisotopic (exact) mass is 312 g/mol. The fraction of sp³-hybridized carbons (Fsp3) is 0.333. The molecule has 0 amide bonds. The number of hydrogen-bond acceptors (Lipinski definition) is 0. The molecule has 0 aliphatic rings. The summed E-state index contributed by atoms with van der Waals surface area (Å²) in [5.74, 6) is 2.25. The molecule has 0 N–H and O–H groups in total. The molecule has 0 fully saturated rings. The van der Waals surface area contributed by atoms with Crippen molar-refractivity contribution in [3.8, 4) is 0 Å². The van der Waals surface area contributed by atoms with E-state index in [1.54, 1.807) is 0 Å². The fourth-order valence-electron chi connectivity index (χ4n) is 2.11. The van der Waals surface area contributed by atoms with E-state index in [9.17, 15) is 0 Å². The molecule has 2 aromatic rings. The Balaban J connectivity index is 2.58. The Morgan fingerprint density at radius 3 is 2.71 bits per heavy atom. The van der Waals surface area contributed by atoms with Gasteiger partial charge in [-0.15, -0.1) is 0 Å². The number of fused-ring (bicyclic) bond motifs is 1. The second-order valence-corrected chi connectivity index (χ2v) is 6.30. The molecule has 90 valence electrons. The minimum atomic E-state index is 0.462. The van der Waals surface area contributed by atoms with Gasteiger partial charge in [-0.2, -0.15) is 0 Å². The first-order chi connectivity index (χ1) is 8.27. The van der Waals surface area contributed by atoms with Crippen molar-refractivity contribution in [3.63, 3.8) is 0 Å². The van der Waals surface area contributed by atoms with Crippen LogP contribution in [-0.4, -0.2) is 15.0 Å². The molecular weight excluding hydrogens is 295 g/mol. The maximum absolute atomic E-state index is 6.54. The van der Waals surface area contributed by atoms with Crippen LogP contribution in [0.2, 0.25) is 10.8 Å². The predicted octanol–water partition coefficient (Wildman–Crippen LogP) is 4.21. The first kappa shape index (κ1) is 13.0. The molecule has 0 bridgehead atoms. The first-order valence-electron chi connectivity index (χ1n) is 6.02. The van der Waals surface area contributed by atoms with E-state index >= 15 is 0 Å². The van der Waals surface area contributed by atoms with Crippen molar-refractivity contribution < 1.29 is 0 Å². The zero-order valence-electron chi connectivity index (χ0n) is 10.3. The normalized spacial score (nSPS) is 11.0. The maximum atomic E-state index is 6.54. The molecule has 2 rings (SSSR count). The van der Waals surface area contributed by atoms with Gasteiger partial charge in [0.25, 0.3) is 0 Å². The molecule has 0 spiro atoms. The topological polar surface area (TPSA) is 0 Å². The van der Waals surface area contributed by atoms with Crippen molar-refractivity contribution in [3.05, 3.63) is 40.9 Å². The standard InChI is InChI=1S/C15H17ClSe/c1-3-4-7-12-10-11-8-5-6-9-13(11)14(16)15(12)17-2/h5-6,8-10H,3-4,7H2,1-2H3. The Hall–Kier alpha value is -0.491. The van der Waals surface area contributed by atoms with E-state index in [-0.39, 0.29) is 0 Å². The molecule has 0 aliphatic heterocycles. The Labute approximate surface area is 115 Å². The average Bonchev–Trinajstić information content (AvgIpc) is 2.36. The molecule has 0 nitrogen and oxygen atoms in total. The second kappa shape index (κ2) is 5.91. The van der Waals surface area contributed by atoms with Crippen LogP contribution in [0.4, 0.5) is 0 Å². The fourth-order valence-corrected chi connectivity index (χ4v) is 4.30. The second-order valence-electron chi connectivity index (χ2n) is 4.21. The van der Waals surface area contributed by atoms with Crippen LogP contribution in [-0.2, 0) is 6.42 Å². The summed E-state index contributed by atoms with van der Waals surface area (Å²) >= 11 is 7.00. The zero-order chi connectivity index (χ0) is 12.3. The number of aryl methyl sites for hydroxylation is 1. The van der Waals surface area contributed by atoms with Gasteiger partial charge in [0.05, 0.1) is 0 Å². The summed E-state index contributed by atoms with van der Waals surface area (Å²) in [6, 6.07) is 10.8. The molecule has 0 unspecified atom stereocenters.